The molecule has 2 amide bonds. The normalized spacial score (nSPS) is 15.9. The van der Waals surface area contributed by atoms with E-state index in [1.807, 2.05) is 6.07 Å². The fourth-order valence-corrected chi connectivity index (χ4v) is 3.81. The van der Waals surface area contributed by atoms with Crippen LogP contribution in [-0.4, -0.2) is 38.3 Å². The second-order valence-corrected chi connectivity index (χ2v) is 8.08. The van der Waals surface area contributed by atoms with Crippen LogP contribution in [0, 0.1) is 6.92 Å². The lowest BCUT2D eigenvalue weighted by atomic mass is 10.1. The summed E-state index contributed by atoms with van der Waals surface area (Å²) in [5.74, 6) is -1.70. The summed E-state index contributed by atoms with van der Waals surface area (Å²) in [5, 5.41) is 10.1. The van der Waals surface area contributed by atoms with Gasteiger partial charge in [0.2, 0.25) is 0 Å². The highest BCUT2D eigenvalue weighted by atomic mass is 32.2. The van der Waals surface area contributed by atoms with Crippen molar-refractivity contribution in [1.29, 1.82) is 0 Å². The molecule has 2 aromatic carbocycles. The number of nitrogens with one attached hydrogen (secondary N) is 1. The molecule has 9 heteroatoms. The Kier molecular flexibility index (Phi) is 6.53. The molecule has 2 aromatic rings. The third-order valence-electron chi connectivity index (χ3n) is 4.25. The summed E-state index contributed by atoms with van der Waals surface area (Å²) < 4.78 is 5.65. The smallest absolute Gasteiger partial charge is 0.344 e. The van der Waals surface area contributed by atoms with E-state index in [2.05, 4.69) is 5.43 Å². The van der Waals surface area contributed by atoms with Crippen molar-refractivity contribution in [2.75, 3.05) is 0 Å². The number of thioether (sulfide) groups is 1. The van der Waals surface area contributed by atoms with Crippen molar-refractivity contribution in [3.63, 3.8) is 0 Å². The van der Waals surface area contributed by atoms with E-state index in [0.717, 1.165) is 22.3 Å². The Balaban J connectivity index is 1.81. The minimum absolute atomic E-state index is 0.186. The fraction of sp³-hybridized carbons (Fsp3) is 0.143. The Morgan fingerprint density at radius 3 is 2.57 bits per heavy atom. The maximum Gasteiger partial charge on any atom is 0.344 e. The minimum atomic E-state index is -1.10. The van der Waals surface area contributed by atoms with Gasteiger partial charge in [-0.05, 0) is 49.8 Å². The number of hydrogen-bond donors (Lipinski definition) is 2. The lowest BCUT2D eigenvalue weighted by Crippen LogP contribution is -2.45. The summed E-state index contributed by atoms with van der Waals surface area (Å²) >= 11 is 6.29. The Morgan fingerprint density at radius 1 is 1.20 bits per heavy atom. The van der Waals surface area contributed by atoms with Crippen molar-refractivity contribution in [3.8, 4) is 5.75 Å². The fourth-order valence-electron chi connectivity index (χ4n) is 2.64. The number of amides is 2. The zero-order valence-electron chi connectivity index (χ0n) is 16.1. The van der Waals surface area contributed by atoms with Crippen molar-refractivity contribution in [2.45, 2.75) is 20.0 Å². The zero-order chi connectivity index (χ0) is 21.8. The lowest BCUT2D eigenvalue weighted by molar-refractivity contribution is -0.144. The molecule has 1 saturated heterocycles. The number of hydrogen-bond acceptors (Lipinski definition) is 6. The summed E-state index contributed by atoms with van der Waals surface area (Å²) in [6.45, 7) is 3.22. The van der Waals surface area contributed by atoms with Crippen molar-refractivity contribution in [2.24, 2.45) is 0 Å². The second kappa shape index (κ2) is 9.10. The Bertz CT molecular complexity index is 1070. The Morgan fingerprint density at radius 2 is 1.87 bits per heavy atom. The number of ether oxygens (including phenoxy) is 1. The van der Waals surface area contributed by atoms with Gasteiger partial charge in [-0.2, -0.15) is 5.01 Å². The third kappa shape index (κ3) is 4.69. The first-order chi connectivity index (χ1) is 14.3. The van der Waals surface area contributed by atoms with Crippen LogP contribution in [0.4, 0.5) is 0 Å². The summed E-state index contributed by atoms with van der Waals surface area (Å²) in [7, 11) is 0. The van der Waals surface area contributed by atoms with Gasteiger partial charge in [-0.3, -0.25) is 15.0 Å². The topological polar surface area (TPSA) is 95.9 Å². The molecule has 1 unspecified atom stereocenters. The van der Waals surface area contributed by atoms with Crippen molar-refractivity contribution < 1.29 is 24.2 Å². The van der Waals surface area contributed by atoms with Gasteiger partial charge in [0.05, 0.1) is 4.91 Å². The van der Waals surface area contributed by atoms with E-state index in [1.54, 1.807) is 55.5 Å². The summed E-state index contributed by atoms with van der Waals surface area (Å²) in [6, 6.07) is 13.8. The first-order valence-electron chi connectivity index (χ1n) is 8.91. The number of carboxylic acid groups (broad SMARTS) is 1. The van der Waals surface area contributed by atoms with Crippen LogP contribution in [-0.2, 0) is 9.59 Å². The highest BCUT2D eigenvalue weighted by Gasteiger charge is 2.34. The standard InChI is InChI=1S/C21H18N2O5S2/c1-12-7-3-5-9-15(12)18(24)22-23-19(25)17(30-21(23)29)11-14-8-4-6-10-16(14)28-13(2)20(26)27/h3-11,13H,1-2H3,(H,22,24)(H,26,27)/b17-11+. The number of carbonyl (C=O) groups is 3. The number of benzene rings is 2. The van der Waals surface area contributed by atoms with Gasteiger partial charge < -0.3 is 9.84 Å². The molecule has 0 radical (unpaired) electrons. The molecule has 0 bridgehead atoms. The quantitative estimate of drug-likeness (QED) is 0.523. The number of aliphatic carboxylic acids is 1. The van der Waals surface area contributed by atoms with Crippen molar-refractivity contribution in [3.05, 3.63) is 70.1 Å². The molecule has 1 heterocycles. The molecule has 0 aliphatic carbocycles. The van der Waals surface area contributed by atoms with Crippen LogP contribution in [0.2, 0.25) is 0 Å². The molecule has 1 aliphatic rings. The molecule has 7 nitrogen and oxygen atoms in total. The first kappa shape index (κ1) is 21.5. The number of nitrogens with zero attached hydrogens (tertiary/aromatic N) is 1. The van der Waals surface area contributed by atoms with Gasteiger partial charge in [0.25, 0.3) is 11.8 Å². The molecule has 0 aromatic heterocycles. The van der Waals surface area contributed by atoms with Crippen LogP contribution in [0.1, 0.15) is 28.4 Å². The molecule has 2 N–H and O–H groups in total. The predicted molar refractivity (Wildman–Crippen MR) is 118 cm³/mol. The maximum atomic E-state index is 12.8. The number of rotatable bonds is 6. The Hall–Kier alpha value is -3.17. The number of para-hydroxylation sites is 1. The van der Waals surface area contributed by atoms with Gasteiger partial charge in [-0.25, -0.2) is 4.79 Å². The SMILES string of the molecule is Cc1ccccc1C(=O)NN1C(=O)/C(=C\c2ccccc2OC(C)C(=O)O)SC1=S. The molecule has 1 atom stereocenters. The summed E-state index contributed by atoms with van der Waals surface area (Å²) in [4.78, 5) is 36.7. The average Bonchev–Trinajstić information content (AvgIpc) is 2.97. The van der Waals surface area contributed by atoms with E-state index in [0.29, 0.717) is 16.9 Å². The number of carboxylic acids is 1. The van der Waals surface area contributed by atoms with Gasteiger partial charge in [-0.1, -0.05) is 48.2 Å². The van der Waals surface area contributed by atoms with Gasteiger partial charge in [-0.15, -0.1) is 0 Å². The van der Waals surface area contributed by atoms with E-state index >= 15 is 0 Å². The van der Waals surface area contributed by atoms with E-state index in [4.69, 9.17) is 22.1 Å². The molecule has 0 spiro atoms. The highest BCUT2D eigenvalue weighted by Crippen LogP contribution is 2.33. The minimum Gasteiger partial charge on any atom is -0.479 e. The predicted octanol–water partition coefficient (Wildman–Crippen LogP) is 3.39. The maximum absolute atomic E-state index is 12.8. The number of carbonyl (C=O) groups excluding carboxylic acids is 2. The monoisotopic (exact) mass is 442 g/mol. The number of thiocarbonyl (C=S) groups is 1. The van der Waals surface area contributed by atoms with E-state index < -0.39 is 23.9 Å². The van der Waals surface area contributed by atoms with Crippen LogP contribution in [0.15, 0.2) is 53.4 Å². The van der Waals surface area contributed by atoms with Crippen LogP contribution in [0.5, 0.6) is 5.75 Å². The lowest BCUT2D eigenvalue weighted by Gasteiger charge is -2.16. The third-order valence-corrected chi connectivity index (χ3v) is 5.56. The molecular weight excluding hydrogens is 424 g/mol. The first-order valence-corrected chi connectivity index (χ1v) is 10.1. The van der Waals surface area contributed by atoms with E-state index in [1.165, 1.54) is 6.92 Å². The van der Waals surface area contributed by atoms with Crippen LogP contribution in [0.3, 0.4) is 0 Å². The highest BCUT2D eigenvalue weighted by molar-refractivity contribution is 8.26. The van der Waals surface area contributed by atoms with Gasteiger partial charge in [0, 0.05) is 11.1 Å². The molecule has 154 valence electrons. The largest absolute Gasteiger partial charge is 0.479 e. The number of hydrazine groups is 1. The van der Waals surface area contributed by atoms with Crippen LogP contribution < -0.4 is 10.2 Å². The van der Waals surface area contributed by atoms with Crippen molar-refractivity contribution in [1.82, 2.24) is 10.4 Å². The van der Waals surface area contributed by atoms with Gasteiger partial charge in [0.1, 0.15) is 5.75 Å². The molecular formula is C21H18N2O5S2. The van der Waals surface area contributed by atoms with Gasteiger partial charge >= 0.3 is 5.97 Å². The van der Waals surface area contributed by atoms with Crippen molar-refractivity contribution >= 4 is 52.2 Å². The molecule has 1 fully saturated rings. The van der Waals surface area contributed by atoms with E-state index in [-0.39, 0.29) is 9.23 Å². The molecule has 1 aliphatic heterocycles. The van der Waals surface area contributed by atoms with Crippen LogP contribution >= 0.6 is 24.0 Å². The summed E-state index contributed by atoms with van der Waals surface area (Å²) in [6.07, 6.45) is 0.505. The number of aryl methyl sites for hydroxylation is 1. The average molecular weight is 443 g/mol. The Labute approximate surface area is 182 Å². The molecule has 3 rings (SSSR count). The van der Waals surface area contributed by atoms with Crippen LogP contribution in [0.25, 0.3) is 6.08 Å². The summed E-state index contributed by atoms with van der Waals surface area (Å²) in [5.41, 5.74) is 4.28. The molecule has 0 saturated carbocycles. The zero-order valence-corrected chi connectivity index (χ0v) is 17.8. The molecule has 30 heavy (non-hydrogen) atoms. The van der Waals surface area contributed by atoms with E-state index in [9.17, 15) is 14.4 Å². The second-order valence-electron chi connectivity index (χ2n) is 6.41. The van der Waals surface area contributed by atoms with Gasteiger partial charge in [0.15, 0.2) is 10.4 Å².